The number of hydrogen-bond donors (Lipinski definition) is 2. The highest BCUT2D eigenvalue weighted by atomic mass is 16.5. The first-order chi connectivity index (χ1) is 13.3. The molecule has 0 fully saturated rings. The molecule has 2 N–H and O–H groups in total. The van der Waals surface area contributed by atoms with E-state index < -0.39 is 0 Å². The van der Waals surface area contributed by atoms with Gasteiger partial charge in [-0.15, -0.1) is 0 Å². The quantitative estimate of drug-likeness (QED) is 0.496. The Bertz CT molecular complexity index is 860. The van der Waals surface area contributed by atoms with Crippen molar-refractivity contribution in [1.29, 1.82) is 0 Å². The molecule has 0 saturated heterocycles. The van der Waals surface area contributed by atoms with Gasteiger partial charge in [-0.25, -0.2) is 4.68 Å². The maximum atomic E-state index is 5.43. The summed E-state index contributed by atoms with van der Waals surface area (Å²) in [6.45, 7) is 5.43. The molecular formula is C20H26N6O. The van der Waals surface area contributed by atoms with Crippen molar-refractivity contribution in [2.75, 3.05) is 7.05 Å². The van der Waals surface area contributed by atoms with E-state index in [-0.39, 0.29) is 0 Å². The van der Waals surface area contributed by atoms with Crippen molar-refractivity contribution in [3.8, 4) is 5.69 Å². The molecule has 0 aliphatic carbocycles. The van der Waals surface area contributed by atoms with Crippen LogP contribution in [0.25, 0.3) is 5.69 Å². The molecule has 0 bridgehead atoms. The molecular weight excluding hydrogens is 340 g/mol. The van der Waals surface area contributed by atoms with Gasteiger partial charge in [0, 0.05) is 44.5 Å². The van der Waals surface area contributed by atoms with Gasteiger partial charge in [0.2, 0.25) is 0 Å². The van der Waals surface area contributed by atoms with Gasteiger partial charge in [-0.05, 0) is 24.1 Å². The Labute approximate surface area is 159 Å². The zero-order chi connectivity index (χ0) is 19.1. The highest BCUT2D eigenvalue weighted by Crippen LogP contribution is 2.16. The number of nitrogens with one attached hydrogen (secondary N) is 2. The fraction of sp³-hybridized carbons (Fsp3) is 0.350. The summed E-state index contributed by atoms with van der Waals surface area (Å²) in [7, 11) is 1.77. The molecule has 0 saturated carbocycles. The first-order valence-corrected chi connectivity index (χ1v) is 9.25. The third-order valence-electron chi connectivity index (χ3n) is 4.45. The molecule has 3 aromatic rings. The lowest BCUT2D eigenvalue weighted by Gasteiger charge is -2.14. The molecule has 0 radical (unpaired) electrons. The number of hydrogen-bond acceptors (Lipinski definition) is 4. The number of aromatic nitrogens is 3. The summed E-state index contributed by atoms with van der Waals surface area (Å²) in [6, 6.07) is 10.1. The van der Waals surface area contributed by atoms with E-state index in [0.29, 0.717) is 13.1 Å². The smallest absolute Gasteiger partial charge is 0.191 e. The van der Waals surface area contributed by atoms with Crippen LogP contribution >= 0.6 is 0 Å². The minimum atomic E-state index is 0.635. The predicted molar refractivity (Wildman–Crippen MR) is 106 cm³/mol. The number of aryl methyl sites for hydroxylation is 2. The van der Waals surface area contributed by atoms with Crippen molar-refractivity contribution < 1.29 is 4.52 Å². The van der Waals surface area contributed by atoms with Gasteiger partial charge in [-0.1, -0.05) is 37.2 Å². The van der Waals surface area contributed by atoms with Crippen molar-refractivity contribution in [2.45, 2.75) is 39.8 Å². The molecule has 0 atom stereocenters. The van der Waals surface area contributed by atoms with Crippen molar-refractivity contribution in [1.82, 2.24) is 25.6 Å². The lowest BCUT2D eigenvalue weighted by atomic mass is 10.1. The first kappa shape index (κ1) is 18.7. The second kappa shape index (κ2) is 9.02. The molecule has 3 rings (SSSR count). The fourth-order valence-corrected chi connectivity index (χ4v) is 3.00. The van der Waals surface area contributed by atoms with E-state index in [1.165, 1.54) is 0 Å². The SMILES string of the molecule is CCc1noc(CC)c1CNC(=NC)NCc1ccccc1-n1cccn1. The Hall–Kier alpha value is -3.09. The van der Waals surface area contributed by atoms with E-state index in [0.717, 1.165) is 47.1 Å². The summed E-state index contributed by atoms with van der Waals surface area (Å²) in [5.74, 6) is 1.66. The van der Waals surface area contributed by atoms with Crippen LogP contribution in [-0.2, 0) is 25.9 Å². The number of nitrogens with zero attached hydrogens (tertiary/aromatic N) is 4. The second-order valence-electron chi connectivity index (χ2n) is 6.10. The van der Waals surface area contributed by atoms with Crippen molar-refractivity contribution in [3.63, 3.8) is 0 Å². The average molecular weight is 366 g/mol. The number of para-hydroxylation sites is 1. The Kier molecular flexibility index (Phi) is 6.25. The summed E-state index contributed by atoms with van der Waals surface area (Å²) in [4.78, 5) is 4.33. The van der Waals surface area contributed by atoms with Crippen molar-refractivity contribution >= 4 is 5.96 Å². The summed E-state index contributed by atoms with van der Waals surface area (Å²) in [5.41, 5.74) is 4.31. The Balaban J connectivity index is 1.65. The van der Waals surface area contributed by atoms with Crippen LogP contribution in [0.3, 0.4) is 0 Å². The molecule has 2 heterocycles. The van der Waals surface area contributed by atoms with Gasteiger partial charge in [0.25, 0.3) is 0 Å². The van der Waals surface area contributed by atoms with Crippen LogP contribution in [0.2, 0.25) is 0 Å². The number of aliphatic imine (C=N–C) groups is 1. The van der Waals surface area contributed by atoms with Gasteiger partial charge in [0.15, 0.2) is 5.96 Å². The van der Waals surface area contributed by atoms with E-state index >= 15 is 0 Å². The van der Waals surface area contributed by atoms with E-state index in [4.69, 9.17) is 4.52 Å². The molecule has 7 heteroatoms. The first-order valence-electron chi connectivity index (χ1n) is 9.25. The third-order valence-corrected chi connectivity index (χ3v) is 4.45. The number of rotatable bonds is 7. The minimum Gasteiger partial charge on any atom is -0.361 e. The Morgan fingerprint density at radius 2 is 1.93 bits per heavy atom. The summed E-state index contributed by atoms with van der Waals surface area (Å²) >= 11 is 0. The lowest BCUT2D eigenvalue weighted by Crippen LogP contribution is -2.36. The molecule has 0 unspecified atom stereocenters. The molecule has 0 amide bonds. The predicted octanol–water partition coefficient (Wildman–Crippen LogP) is 2.85. The average Bonchev–Trinajstić information content (AvgIpc) is 3.38. The van der Waals surface area contributed by atoms with Crippen molar-refractivity contribution in [3.05, 3.63) is 65.3 Å². The van der Waals surface area contributed by atoms with Crippen LogP contribution in [0, 0.1) is 0 Å². The van der Waals surface area contributed by atoms with E-state index in [9.17, 15) is 0 Å². The molecule has 7 nitrogen and oxygen atoms in total. The molecule has 1 aromatic carbocycles. The zero-order valence-corrected chi connectivity index (χ0v) is 16.1. The van der Waals surface area contributed by atoms with Crippen LogP contribution in [0.1, 0.15) is 36.4 Å². The van der Waals surface area contributed by atoms with Gasteiger partial charge in [0.1, 0.15) is 5.76 Å². The Morgan fingerprint density at radius 1 is 1.11 bits per heavy atom. The highest BCUT2D eigenvalue weighted by molar-refractivity contribution is 5.79. The molecule has 142 valence electrons. The van der Waals surface area contributed by atoms with E-state index in [1.54, 1.807) is 13.2 Å². The summed E-state index contributed by atoms with van der Waals surface area (Å²) < 4.78 is 7.29. The maximum Gasteiger partial charge on any atom is 0.191 e. The molecule has 0 spiro atoms. The number of guanidine groups is 1. The van der Waals surface area contributed by atoms with Crippen LogP contribution < -0.4 is 10.6 Å². The van der Waals surface area contributed by atoms with Crippen molar-refractivity contribution in [2.24, 2.45) is 4.99 Å². The topological polar surface area (TPSA) is 80.3 Å². The highest BCUT2D eigenvalue weighted by Gasteiger charge is 2.13. The molecule has 0 aliphatic rings. The Morgan fingerprint density at radius 3 is 2.63 bits per heavy atom. The number of benzene rings is 1. The summed E-state index contributed by atoms with van der Waals surface area (Å²) in [5, 5.41) is 15.2. The molecule has 27 heavy (non-hydrogen) atoms. The maximum absolute atomic E-state index is 5.43. The molecule has 2 aromatic heterocycles. The minimum absolute atomic E-state index is 0.635. The largest absolute Gasteiger partial charge is 0.361 e. The zero-order valence-electron chi connectivity index (χ0n) is 16.1. The normalized spacial score (nSPS) is 11.6. The third kappa shape index (κ3) is 4.36. The van der Waals surface area contributed by atoms with Gasteiger partial charge in [-0.3, -0.25) is 4.99 Å². The van der Waals surface area contributed by atoms with Gasteiger partial charge in [0.05, 0.1) is 11.4 Å². The van der Waals surface area contributed by atoms with Crippen LogP contribution in [0.4, 0.5) is 0 Å². The van der Waals surface area contributed by atoms with Gasteiger partial charge >= 0.3 is 0 Å². The van der Waals surface area contributed by atoms with Crippen LogP contribution in [0.5, 0.6) is 0 Å². The summed E-state index contributed by atoms with van der Waals surface area (Å²) in [6.07, 6.45) is 5.40. The standard InChI is InChI=1S/C20H26N6O/c1-4-17-16(19(5-2)27-25-17)14-23-20(21-3)22-13-15-9-6-7-10-18(15)26-12-8-11-24-26/h6-12H,4-5,13-14H2,1-3H3,(H2,21,22,23). The second-order valence-corrected chi connectivity index (χ2v) is 6.10. The monoisotopic (exact) mass is 366 g/mol. The van der Waals surface area contributed by atoms with E-state index in [2.05, 4.69) is 51.9 Å². The van der Waals surface area contributed by atoms with Crippen LogP contribution in [0.15, 0.2) is 52.2 Å². The van der Waals surface area contributed by atoms with Gasteiger partial charge < -0.3 is 15.2 Å². The fourth-order valence-electron chi connectivity index (χ4n) is 3.00. The van der Waals surface area contributed by atoms with Crippen LogP contribution in [-0.4, -0.2) is 27.9 Å². The van der Waals surface area contributed by atoms with Gasteiger partial charge in [-0.2, -0.15) is 5.10 Å². The molecule has 0 aliphatic heterocycles. The van der Waals surface area contributed by atoms with E-state index in [1.807, 2.05) is 29.1 Å². The lowest BCUT2D eigenvalue weighted by molar-refractivity contribution is 0.380.